The average molecular weight is 1970 g/mol. The minimum Gasteiger partial charge on any atom is -0.497 e. The predicted octanol–water partition coefficient (Wildman–Crippen LogP) is 32.7. The fourth-order valence-electron chi connectivity index (χ4n) is 22.3. The van der Waals surface area contributed by atoms with E-state index < -0.39 is 24.2 Å². The first kappa shape index (κ1) is 92.3. The van der Waals surface area contributed by atoms with Gasteiger partial charge in [-0.1, -0.05) is 276 Å². The summed E-state index contributed by atoms with van der Waals surface area (Å²) in [7, 11) is -2.99. The van der Waals surface area contributed by atoms with Gasteiger partial charge in [0.2, 0.25) is 0 Å². The monoisotopic (exact) mass is 1970 g/mol. The van der Waals surface area contributed by atoms with Crippen molar-refractivity contribution in [3.05, 3.63) is 498 Å². The summed E-state index contributed by atoms with van der Waals surface area (Å²) in [6.45, 7) is 14.7. The van der Waals surface area contributed by atoms with E-state index in [4.69, 9.17) is 32.7 Å². The summed E-state index contributed by atoms with van der Waals surface area (Å²) in [5.74, 6) is 6.40. The number of pyridine rings is 2. The van der Waals surface area contributed by atoms with Crippen molar-refractivity contribution in [1.82, 2.24) is 9.97 Å². The lowest BCUT2D eigenvalue weighted by molar-refractivity contribution is 0.414. The van der Waals surface area contributed by atoms with Gasteiger partial charge in [-0.05, 0) is 291 Å². The molecule has 0 radical (unpaired) electrons. The third kappa shape index (κ3) is 16.8. The zero-order valence-electron chi connectivity index (χ0n) is 83.5. The molecule has 0 amide bonds. The fraction of sp³-hybridized carbons (Fsp3) is 0.0606. The van der Waals surface area contributed by atoms with E-state index in [1.807, 2.05) is 85.2 Å². The molecule has 3 aliphatic rings. The molecule has 18 aromatic carbocycles. The van der Waals surface area contributed by atoms with Crippen LogP contribution in [0.4, 0.5) is 103 Å². The van der Waals surface area contributed by atoms with E-state index in [9.17, 15) is 0 Å². The van der Waals surface area contributed by atoms with Crippen LogP contribution in [-0.2, 0) is 0 Å². The number of fused-ring (bicyclic) bond motifs is 15. The molecule has 0 saturated carbocycles. The van der Waals surface area contributed by atoms with E-state index in [-0.39, 0.29) is 0 Å². The summed E-state index contributed by atoms with van der Waals surface area (Å²) < 4.78 is 31.4. The number of anilines is 18. The molecule has 0 aliphatic carbocycles. The first-order valence-electron chi connectivity index (χ1n) is 50.3. The maximum Gasteiger partial charge on any atom is 0.137 e. The minimum atomic E-state index is -2.18. The van der Waals surface area contributed by atoms with Crippen LogP contribution in [-0.4, -0.2) is 48.4 Å². The van der Waals surface area contributed by atoms with Gasteiger partial charge in [0.1, 0.15) is 81.4 Å². The number of methoxy groups -OCH3 is 2. The van der Waals surface area contributed by atoms with Gasteiger partial charge in [0.05, 0.1) is 25.6 Å². The first-order chi connectivity index (χ1) is 72.6. The molecule has 0 fully saturated rings. The average Bonchev–Trinajstić information content (AvgIpc) is 1.55. The van der Waals surface area contributed by atoms with Crippen LogP contribution >= 0.6 is 0 Å². The van der Waals surface area contributed by atoms with Crippen molar-refractivity contribution in [2.75, 3.05) is 43.6 Å². The molecule has 8 heterocycles. The number of nitrogens with zero attached hydrogens (tertiary/aromatic N) is 8. The van der Waals surface area contributed by atoms with Crippen LogP contribution in [0, 0.1) is 0 Å². The SMILES string of the molecule is COc1ccc(N(c2ccccc2)c2ccc3c(c2)-c2oc4ccc(N(c5ccccc5)c5ccc(OC)cc5)cc4c2[Si]3(C)C)cc1.C[Si]1(C)c2ccc(N(c3ccccc3)c3ccccc3-c3ccccc3)cc2-c2oc3ccc(N(c4ccccc4)c4ccccc4-c4ccccc4)cc3c21.C[Si]1(C)c2ccc(N(c3ccccc3)c3ccccn3)cc2-c2oc3ccc(N(c4ccccc4)c4ccccn4)cc3c21. The smallest absolute Gasteiger partial charge is 0.137 e. The van der Waals surface area contributed by atoms with Gasteiger partial charge < -0.3 is 42.3 Å². The van der Waals surface area contributed by atoms with E-state index in [0.717, 1.165) is 148 Å². The first-order valence-corrected chi connectivity index (χ1v) is 59.3. The second-order valence-corrected chi connectivity index (χ2v) is 52.0. The minimum absolute atomic E-state index is 0.831. The van der Waals surface area contributed by atoms with Crippen molar-refractivity contribution < 1.29 is 22.7 Å². The van der Waals surface area contributed by atoms with Crippen LogP contribution in [0.15, 0.2) is 511 Å². The third-order valence-electron chi connectivity index (χ3n) is 29.2. The Balaban J connectivity index is 0.000000119. The Bertz CT molecular complexity index is 8700. The largest absolute Gasteiger partial charge is 0.497 e. The molecule has 26 rings (SSSR count). The Morgan fingerprint density at radius 3 is 0.750 bits per heavy atom. The molecule has 3 aliphatic heterocycles. The molecule has 0 N–H and O–H groups in total. The van der Waals surface area contributed by atoms with Gasteiger partial charge in [0.25, 0.3) is 0 Å². The van der Waals surface area contributed by atoms with Gasteiger partial charge in [-0.15, -0.1) is 0 Å². The molecule has 13 nitrogen and oxygen atoms in total. The second kappa shape index (κ2) is 38.9. The number of aromatic nitrogens is 2. The lowest BCUT2D eigenvalue weighted by Crippen LogP contribution is -2.49. The van der Waals surface area contributed by atoms with Gasteiger partial charge in [-0.25, -0.2) is 9.97 Å². The number of hydrogen-bond donors (Lipinski definition) is 0. The highest BCUT2D eigenvalue weighted by Gasteiger charge is 2.47. The number of para-hydroxylation sites is 8. The Hall–Kier alpha value is -18.1. The van der Waals surface area contributed by atoms with Crippen molar-refractivity contribution in [3.63, 3.8) is 0 Å². The zero-order chi connectivity index (χ0) is 100. The van der Waals surface area contributed by atoms with Gasteiger partial charge >= 0.3 is 0 Å². The summed E-state index contributed by atoms with van der Waals surface area (Å²) in [6, 6.07) is 171. The Morgan fingerprint density at radius 2 is 0.439 bits per heavy atom. The number of ether oxygens (including phenoxy) is 2. The summed E-state index contributed by atoms with van der Waals surface area (Å²) in [4.78, 5) is 23.2. The molecule has 23 aromatic rings. The topological polar surface area (TPSA) is 103 Å². The molecule has 0 spiro atoms. The summed E-state index contributed by atoms with van der Waals surface area (Å²) in [6.07, 6.45) is 3.68. The molecule has 5 aromatic heterocycles. The molecule has 0 saturated heterocycles. The molecule has 0 unspecified atom stereocenters. The van der Waals surface area contributed by atoms with E-state index in [1.165, 1.54) is 86.2 Å². The standard InChI is InChI=1S/C52H40N2OSi.C42H36N2O3Si.C38H30N4OSi/c1-56(2)50-34-32-42(54(40-25-13-6-14-26-40)48-30-18-16-28-44(48)38-21-9-4-10-22-38)36-46(50)51-52(56)45-35-41(31-33-49(45)55-51)53(39-23-11-5-12-24-39)47-29-17-15-27-43(47)37-19-7-3-8-20-37;1-45-35-21-15-31(16-22-35)43(29-11-7-5-8-12-29)33-19-25-39-37(27-33)42-41(47-39)38-28-34(20-26-40(38)48(42,3)4)44(30-13-9-6-10-14-30)32-17-23-36(46-2)24-18-32;1-44(2)34-22-20-30(42(28-15-7-4-8-16-28)36-18-10-12-24-40-36)26-32(34)37-38(44)31-25-29(19-21-33(31)43-37)41(27-13-5-3-6-14-27)35-17-9-11-23-39-35/h3-36H,1-2H3;5-28H,1-4H3;3-26H,1-2H3. The van der Waals surface area contributed by atoms with Gasteiger partial charge in [0, 0.05) is 136 Å². The van der Waals surface area contributed by atoms with Gasteiger partial charge in [-0.3, -0.25) is 9.80 Å². The van der Waals surface area contributed by atoms with Crippen molar-refractivity contribution in [2.45, 2.75) is 39.3 Å². The zero-order valence-corrected chi connectivity index (χ0v) is 86.5. The van der Waals surface area contributed by atoms with Crippen molar-refractivity contribution in [2.24, 2.45) is 0 Å². The number of furan rings is 3. The fourth-order valence-corrected chi connectivity index (χ4v) is 32.0. The maximum absolute atomic E-state index is 6.95. The molecular weight excluding hydrogens is 1860 g/mol. The Morgan fingerprint density at radius 1 is 0.203 bits per heavy atom. The van der Waals surface area contributed by atoms with E-state index in [1.54, 1.807) is 14.2 Å². The molecule has 0 bridgehead atoms. The number of benzene rings is 18. The van der Waals surface area contributed by atoms with Crippen molar-refractivity contribution in [3.8, 4) is 67.7 Å². The molecule has 16 heteroatoms. The highest BCUT2D eigenvalue weighted by Crippen LogP contribution is 2.51. The molecule has 148 heavy (non-hydrogen) atoms. The quantitative estimate of drug-likeness (QED) is 0.0602. The van der Waals surface area contributed by atoms with Crippen LogP contribution in [0.3, 0.4) is 0 Å². The number of rotatable bonds is 22. The van der Waals surface area contributed by atoms with Crippen LogP contribution in [0.1, 0.15) is 0 Å². The lowest BCUT2D eigenvalue weighted by Gasteiger charge is -2.29. The predicted molar refractivity (Wildman–Crippen MR) is 623 cm³/mol. The molecular formula is C132H106N8O5Si3. The van der Waals surface area contributed by atoms with Crippen LogP contribution in [0.2, 0.25) is 39.3 Å². The lowest BCUT2D eigenvalue weighted by atomic mass is 10.0. The summed E-state index contributed by atoms with van der Waals surface area (Å²) in [5.41, 5.74) is 28.4. The Kier molecular flexibility index (Phi) is 24.3. The number of hydrogen-bond acceptors (Lipinski definition) is 13. The summed E-state index contributed by atoms with van der Waals surface area (Å²) >= 11 is 0. The summed E-state index contributed by atoms with van der Waals surface area (Å²) in [5, 5.41) is 11.8. The van der Waals surface area contributed by atoms with E-state index >= 15 is 0 Å². The normalized spacial score (nSPS) is 12.8. The third-order valence-corrected chi connectivity index (χ3v) is 39.8. The van der Waals surface area contributed by atoms with E-state index in [0.29, 0.717) is 0 Å². The molecule has 0 atom stereocenters. The van der Waals surface area contributed by atoms with E-state index in [2.05, 4.69) is 481 Å². The van der Waals surface area contributed by atoms with Crippen LogP contribution in [0.5, 0.6) is 11.5 Å². The van der Waals surface area contributed by atoms with Gasteiger partial charge in [0.15, 0.2) is 0 Å². The van der Waals surface area contributed by atoms with Gasteiger partial charge in [-0.2, -0.15) is 0 Å². The van der Waals surface area contributed by atoms with Crippen LogP contribution < -0.4 is 70.0 Å². The molecule has 716 valence electrons. The Labute approximate surface area is 865 Å². The van der Waals surface area contributed by atoms with Crippen molar-refractivity contribution in [1.29, 1.82) is 0 Å². The van der Waals surface area contributed by atoms with Crippen LogP contribution in [0.25, 0.3) is 89.1 Å². The van der Waals surface area contributed by atoms with Crippen molar-refractivity contribution >= 4 is 191 Å². The second-order valence-electron chi connectivity index (χ2n) is 39.1. The highest BCUT2D eigenvalue weighted by molar-refractivity contribution is 7.06. The highest BCUT2D eigenvalue weighted by atomic mass is 28.3. The maximum atomic E-state index is 6.95.